The average molecular weight is 319 g/mol. The number of nitrogen functional groups attached to an aromatic ring is 1. The molecule has 0 amide bonds. The van der Waals surface area contributed by atoms with Crippen LogP contribution in [-0.2, 0) is 4.74 Å². The first kappa shape index (κ1) is 12.3. The fourth-order valence-electron chi connectivity index (χ4n) is 1.37. The molecule has 0 spiro atoms. The molecule has 0 radical (unpaired) electrons. The number of methoxy groups -OCH3 is 1. The van der Waals surface area contributed by atoms with E-state index in [9.17, 15) is 4.79 Å². The third-order valence-corrected chi connectivity index (χ3v) is 3.13. The van der Waals surface area contributed by atoms with Gasteiger partial charge in [0.05, 0.1) is 12.7 Å². The van der Waals surface area contributed by atoms with Crippen molar-refractivity contribution in [3.63, 3.8) is 0 Å². The number of hydrogen-bond acceptors (Lipinski definition) is 3. The lowest BCUT2D eigenvalue weighted by molar-refractivity contribution is 0.0599. The average Bonchev–Trinajstić information content (AvgIpc) is 2.20. The van der Waals surface area contributed by atoms with Crippen LogP contribution in [0, 0.1) is 3.57 Å². The van der Waals surface area contributed by atoms with Crippen molar-refractivity contribution in [2.45, 2.75) is 19.8 Å². The highest BCUT2D eigenvalue weighted by Gasteiger charge is 2.16. The van der Waals surface area contributed by atoms with Crippen LogP contribution in [0.3, 0.4) is 0 Å². The highest BCUT2D eigenvalue weighted by Crippen LogP contribution is 2.26. The Hall–Kier alpha value is -0.780. The number of esters is 1. The highest BCUT2D eigenvalue weighted by molar-refractivity contribution is 14.1. The van der Waals surface area contributed by atoms with Crippen LogP contribution in [0.4, 0.5) is 5.69 Å². The molecule has 2 N–H and O–H groups in total. The molecule has 0 aromatic heterocycles. The first-order chi connectivity index (χ1) is 6.97. The van der Waals surface area contributed by atoms with Gasteiger partial charge in [0, 0.05) is 9.26 Å². The zero-order chi connectivity index (χ0) is 11.6. The van der Waals surface area contributed by atoms with Crippen LogP contribution in [0.1, 0.15) is 35.7 Å². The summed E-state index contributed by atoms with van der Waals surface area (Å²) in [6.07, 6.45) is 0. The van der Waals surface area contributed by atoms with Gasteiger partial charge in [0.1, 0.15) is 0 Å². The summed E-state index contributed by atoms with van der Waals surface area (Å²) in [6.45, 7) is 4.04. The number of carbonyl (C=O) groups is 1. The van der Waals surface area contributed by atoms with E-state index in [0.29, 0.717) is 11.3 Å². The molecule has 1 rings (SSSR count). The summed E-state index contributed by atoms with van der Waals surface area (Å²) in [5, 5.41) is 0. The quantitative estimate of drug-likeness (QED) is 0.518. The zero-order valence-corrected chi connectivity index (χ0v) is 11.2. The Bertz CT molecular complexity index is 388. The number of benzene rings is 1. The Morgan fingerprint density at radius 3 is 2.53 bits per heavy atom. The molecule has 0 unspecified atom stereocenters. The smallest absolute Gasteiger partial charge is 0.338 e. The van der Waals surface area contributed by atoms with E-state index in [0.717, 1.165) is 9.13 Å². The molecule has 4 heteroatoms. The van der Waals surface area contributed by atoms with Crippen LogP contribution in [0.25, 0.3) is 0 Å². The number of rotatable bonds is 2. The van der Waals surface area contributed by atoms with Gasteiger partial charge in [0.25, 0.3) is 0 Å². The fraction of sp³-hybridized carbons (Fsp3) is 0.364. The van der Waals surface area contributed by atoms with Crippen molar-refractivity contribution in [1.29, 1.82) is 0 Å². The minimum atomic E-state index is -0.309. The van der Waals surface area contributed by atoms with E-state index in [1.165, 1.54) is 7.11 Å². The Labute approximate surface area is 103 Å². The van der Waals surface area contributed by atoms with Crippen LogP contribution in [0.5, 0.6) is 0 Å². The molecule has 0 heterocycles. The number of halogens is 1. The number of anilines is 1. The largest absolute Gasteiger partial charge is 0.465 e. The van der Waals surface area contributed by atoms with Gasteiger partial charge >= 0.3 is 5.97 Å². The van der Waals surface area contributed by atoms with Crippen LogP contribution in [0.15, 0.2) is 12.1 Å². The van der Waals surface area contributed by atoms with E-state index in [-0.39, 0.29) is 11.9 Å². The lowest BCUT2D eigenvalue weighted by atomic mass is 9.96. The Kier molecular flexibility index (Phi) is 3.96. The van der Waals surface area contributed by atoms with E-state index < -0.39 is 0 Å². The van der Waals surface area contributed by atoms with Gasteiger partial charge in [-0.05, 0) is 46.2 Å². The number of carbonyl (C=O) groups excluding carboxylic acids is 1. The second-order valence-electron chi connectivity index (χ2n) is 3.61. The summed E-state index contributed by atoms with van der Waals surface area (Å²) in [6, 6.07) is 3.62. The van der Waals surface area contributed by atoms with Crippen LogP contribution in [-0.4, -0.2) is 13.1 Å². The summed E-state index contributed by atoms with van der Waals surface area (Å²) in [4.78, 5) is 11.5. The Morgan fingerprint density at radius 2 is 2.07 bits per heavy atom. The molecule has 0 saturated heterocycles. The van der Waals surface area contributed by atoms with Crippen molar-refractivity contribution < 1.29 is 9.53 Å². The van der Waals surface area contributed by atoms with Gasteiger partial charge in [-0.25, -0.2) is 4.79 Å². The van der Waals surface area contributed by atoms with Gasteiger partial charge in [0.15, 0.2) is 0 Å². The number of ether oxygens (including phenoxy) is 1. The zero-order valence-electron chi connectivity index (χ0n) is 9.00. The first-order valence-electron chi connectivity index (χ1n) is 4.64. The SMILES string of the molecule is COC(=O)c1cc(I)c(N)cc1C(C)C. The van der Waals surface area contributed by atoms with E-state index in [1.807, 2.05) is 19.9 Å². The van der Waals surface area contributed by atoms with Gasteiger partial charge in [-0.3, -0.25) is 0 Å². The molecule has 82 valence electrons. The number of hydrogen-bond donors (Lipinski definition) is 1. The molecular weight excluding hydrogens is 305 g/mol. The van der Waals surface area contributed by atoms with E-state index >= 15 is 0 Å². The molecule has 0 fully saturated rings. The normalized spacial score (nSPS) is 10.5. The topological polar surface area (TPSA) is 52.3 Å². The highest BCUT2D eigenvalue weighted by atomic mass is 127. The molecular formula is C11H14INO2. The molecule has 15 heavy (non-hydrogen) atoms. The maximum absolute atomic E-state index is 11.5. The first-order valence-corrected chi connectivity index (χ1v) is 5.72. The van der Waals surface area contributed by atoms with E-state index in [1.54, 1.807) is 6.07 Å². The molecule has 0 bridgehead atoms. The molecule has 0 saturated carbocycles. The second kappa shape index (κ2) is 4.83. The van der Waals surface area contributed by atoms with Crippen LogP contribution in [0.2, 0.25) is 0 Å². The number of nitrogens with two attached hydrogens (primary N) is 1. The predicted octanol–water partition coefficient (Wildman–Crippen LogP) is 2.78. The molecule has 1 aromatic rings. The molecule has 3 nitrogen and oxygen atoms in total. The van der Waals surface area contributed by atoms with Gasteiger partial charge in [-0.2, -0.15) is 0 Å². The lowest BCUT2D eigenvalue weighted by Crippen LogP contribution is -2.08. The molecule has 0 aliphatic rings. The standard InChI is InChI=1S/C11H14INO2/c1-6(2)7-5-10(13)9(12)4-8(7)11(14)15-3/h4-6H,13H2,1-3H3. The van der Waals surface area contributed by atoms with Crippen molar-refractivity contribution in [3.05, 3.63) is 26.8 Å². The van der Waals surface area contributed by atoms with Crippen LogP contribution >= 0.6 is 22.6 Å². The minimum absolute atomic E-state index is 0.249. The van der Waals surface area contributed by atoms with Gasteiger partial charge in [-0.15, -0.1) is 0 Å². The molecule has 1 aromatic carbocycles. The van der Waals surface area contributed by atoms with E-state index in [4.69, 9.17) is 10.5 Å². The third kappa shape index (κ3) is 2.62. The summed E-state index contributed by atoms with van der Waals surface area (Å²) in [7, 11) is 1.38. The van der Waals surface area contributed by atoms with Gasteiger partial charge < -0.3 is 10.5 Å². The van der Waals surface area contributed by atoms with E-state index in [2.05, 4.69) is 22.6 Å². The minimum Gasteiger partial charge on any atom is -0.465 e. The van der Waals surface area contributed by atoms with Crippen molar-refractivity contribution in [2.24, 2.45) is 0 Å². The lowest BCUT2D eigenvalue weighted by Gasteiger charge is -2.13. The molecule has 0 aliphatic heterocycles. The van der Waals surface area contributed by atoms with Crippen molar-refractivity contribution in [1.82, 2.24) is 0 Å². The van der Waals surface area contributed by atoms with Crippen molar-refractivity contribution >= 4 is 34.2 Å². The van der Waals surface area contributed by atoms with Crippen molar-refractivity contribution in [3.8, 4) is 0 Å². The summed E-state index contributed by atoms with van der Waals surface area (Å²) in [5.41, 5.74) is 8.04. The maximum Gasteiger partial charge on any atom is 0.338 e. The van der Waals surface area contributed by atoms with Gasteiger partial charge in [0.2, 0.25) is 0 Å². The second-order valence-corrected chi connectivity index (χ2v) is 4.77. The fourth-order valence-corrected chi connectivity index (χ4v) is 1.84. The summed E-state index contributed by atoms with van der Waals surface area (Å²) in [5.74, 6) is -0.0602. The summed E-state index contributed by atoms with van der Waals surface area (Å²) < 4.78 is 5.61. The molecule has 0 atom stereocenters. The Morgan fingerprint density at radius 1 is 1.47 bits per heavy atom. The molecule has 0 aliphatic carbocycles. The van der Waals surface area contributed by atoms with Gasteiger partial charge in [-0.1, -0.05) is 13.8 Å². The predicted molar refractivity (Wildman–Crippen MR) is 69.0 cm³/mol. The summed E-state index contributed by atoms with van der Waals surface area (Å²) >= 11 is 2.11. The van der Waals surface area contributed by atoms with Crippen molar-refractivity contribution in [2.75, 3.05) is 12.8 Å². The maximum atomic E-state index is 11.5. The Balaban J connectivity index is 3.34. The van der Waals surface area contributed by atoms with Crippen LogP contribution < -0.4 is 5.73 Å². The monoisotopic (exact) mass is 319 g/mol. The third-order valence-electron chi connectivity index (χ3n) is 2.20.